The summed E-state index contributed by atoms with van der Waals surface area (Å²) < 4.78 is 5.07. The van der Waals surface area contributed by atoms with Gasteiger partial charge < -0.3 is 20.3 Å². The first-order valence-electron chi connectivity index (χ1n) is 6.94. The quantitative estimate of drug-likeness (QED) is 0.651. The summed E-state index contributed by atoms with van der Waals surface area (Å²) in [5, 5.41) is 5.94. The van der Waals surface area contributed by atoms with Crippen LogP contribution in [0.2, 0.25) is 0 Å². The Hall–Kier alpha value is -1.14. The molecule has 0 aromatic rings. The first kappa shape index (κ1) is 14.3. The molecule has 6 nitrogen and oxygen atoms in total. The third kappa shape index (κ3) is 3.91. The van der Waals surface area contributed by atoms with Gasteiger partial charge in [-0.15, -0.1) is 0 Å². The van der Waals surface area contributed by atoms with Crippen LogP contribution in [0, 0.1) is 5.41 Å². The maximum absolute atomic E-state index is 11.9. The highest BCUT2D eigenvalue weighted by molar-refractivity contribution is 6.35. The smallest absolute Gasteiger partial charge is 0.311 e. The van der Waals surface area contributed by atoms with Gasteiger partial charge in [0.05, 0.1) is 0 Å². The van der Waals surface area contributed by atoms with E-state index in [1.807, 2.05) is 0 Å². The van der Waals surface area contributed by atoms with Crippen molar-refractivity contribution < 1.29 is 14.3 Å². The summed E-state index contributed by atoms with van der Waals surface area (Å²) in [5.74, 6) is -0.866. The molecule has 2 fully saturated rings. The summed E-state index contributed by atoms with van der Waals surface area (Å²) in [5.41, 5.74) is 0.176. The minimum Gasteiger partial charge on any atom is -0.385 e. The number of rotatable bonds is 5. The van der Waals surface area contributed by atoms with Gasteiger partial charge in [-0.25, -0.2) is 0 Å². The summed E-state index contributed by atoms with van der Waals surface area (Å²) in [6.45, 7) is 4.05. The van der Waals surface area contributed by atoms with Crippen molar-refractivity contribution in [2.75, 3.05) is 46.4 Å². The average molecular weight is 269 g/mol. The molecule has 2 rings (SSSR count). The minimum absolute atomic E-state index is 0.176. The van der Waals surface area contributed by atoms with Crippen LogP contribution in [0.1, 0.15) is 19.3 Å². The molecule has 1 aliphatic heterocycles. The number of piperazine rings is 1. The standard InChI is InChI=1S/C13H23N3O3/c1-19-9-4-13(2-3-13)10-15-11(17)12(18)16-7-5-14-6-8-16/h14H,2-10H2,1H3,(H,15,17). The normalized spacial score (nSPS) is 21.0. The molecule has 0 aromatic heterocycles. The summed E-state index contributed by atoms with van der Waals surface area (Å²) in [6.07, 6.45) is 3.17. The molecule has 6 heteroatoms. The number of amides is 2. The second-order valence-corrected chi connectivity index (χ2v) is 5.47. The zero-order valence-electron chi connectivity index (χ0n) is 11.5. The topological polar surface area (TPSA) is 70.7 Å². The molecule has 0 spiro atoms. The van der Waals surface area contributed by atoms with E-state index in [-0.39, 0.29) is 5.41 Å². The van der Waals surface area contributed by atoms with Crippen LogP contribution >= 0.6 is 0 Å². The fourth-order valence-corrected chi connectivity index (χ4v) is 2.37. The van der Waals surface area contributed by atoms with Crippen LogP contribution in [-0.2, 0) is 14.3 Å². The fraction of sp³-hybridized carbons (Fsp3) is 0.846. The Morgan fingerprint density at radius 2 is 2.00 bits per heavy atom. The van der Waals surface area contributed by atoms with E-state index in [2.05, 4.69) is 10.6 Å². The van der Waals surface area contributed by atoms with Crippen molar-refractivity contribution >= 4 is 11.8 Å². The number of nitrogens with zero attached hydrogens (tertiary/aromatic N) is 1. The molecule has 0 bridgehead atoms. The largest absolute Gasteiger partial charge is 0.385 e. The molecule has 1 heterocycles. The lowest BCUT2D eigenvalue weighted by molar-refractivity contribution is -0.146. The Morgan fingerprint density at radius 1 is 1.32 bits per heavy atom. The summed E-state index contributed by atoms with van der Waals surface area (Å²) in [4.78, 5) is 25.4. The van der Waals surface area contributed by atoms with E-state index in [0.29, 0.717) is 26.2 Å². The summed E-state index contributed by atoms with van der Waals surface area (Å²) in [7, 11) is 1.68. The second kappa shape index (κ2) is 6.34. The van der Waals surface area contributed by atoms with Crippen LogP contribution in [0.25, 0.3) is 0 Å². The van der Waals surface area contributed by atoms with E-state index in [9.17, 15) is 9.59 Å². The zero-order chi connectivity index (χ0) is 13.7. The number of methoxy groups -OCH3 is 1. The molecule has 0 atom stereocenters. The van der Waals surface area contributed by atoms with E-state index < -0.39 is 11.8 Å². The predicted octanol–water partition coefficient (Wildman–Crippen LogP) is -0.649. The lowest BCUT2D eigenvalue weighted by Crippen LogP contribution is -2.51. The van der Waals surface area contributed by atoms with Crippen molar-refractivity contribution in [1.29, 1.82) is 0 Å². The highest BCUT2D eigenvalue weighted by Gasteiger charge is 2.42. The fourth-order valence-electron chi connectivity index (χ4n) is 2.37. The maximum atomic E-state index is 11.9. The van der Waals surface area contributed by atoms with Gasteiger partial charge in [-0.3, -0.25) is 9.59 Å². The lowest BCUT2D eigenvalue weighted by atomic mass is 10.0. The van der Waals surface area contributed by atoms with Gasteiger partial charge in [0.25, 0.3) is 0 Å². The first-order valence-corrected chi connectivity index (χ1v) is 6.94. The number of carbonyl (C=O) groups excluding carboxylic acids is 2. The highest BCUT2D eigenvalue weighted by atomic mass is 16.5. The molecule has 19 heavy (non-hydrogen) atoms. The van der Waals surface area contributed by atoms with Crippen molar-refractivity contribution in [2.24, 2.45) is 5.41 Å². The molecule has 2 amide bonds. The van der Waals surface area contributed by atoms with E-state index in [0.717, 1.165) is 32.4 Å². The summed E-state index contributed by atoms with van der Waals surface area (Å²) in [6, 6.07) is 0. The van der Waals surface area contributed by atoms with Gasteiger partial charge in [0, 0.05) is 46.4 Å². The second-order valence-electron chi connectivity index (χ2n) is 5.47. The van der Waals surface area contributed by atoms with Crippen LogP contribution in [0.3, 0.4) is 0 Å². The molecule has 0 aromatic carbocycles. The van der Waals surface area contributed by atoms with Crippen LogP contribution < -0.4 is 10.6 Å². The van der Waals surface area contributed by atoms with Crippen molar-refractivity contribution in [3.63, 3.8) is 0 Å². The Balaban J connectivity index is 1.73. The van der Waals surface area contributed by atoms with Crippen molar-refractivity contribution in [1.82, 2.24) is 15.5 Å². The molecule has 0 unspecified atom stereocenters. The third-order valence-electron chi connectivity index (χ3n) is 4.02. The van der Waals surface area contributed by atoms with Crippen molar-refractivity contribution in [3.8, 4) is 0 Å². The maximum Gasteiger partial charge on any atom is 0.311 e. The molecule has 2 N–H and O–H groups in total. The molecule has 108 valence electrons. The van der Waals surface area contributed by atoms with Crippen LogP contribution in [0.5, 0.6) is 0 Å². The van der Waals surface area contributed by atoms with Gasteiger partial charge in [0.1, 0.15) is 0 Å². The van der Waals surface area contributed by atoms with E-state index in [1.165, 1.54) is 0 Å². The van der Waals surface area contributed by atoms with Crippen LogP contribution in [0.4, 0.5) is 0 Å². The summed E-state index contributed by atoms with van der Waals surface area (Å²) >= 11 is 0. The van der Waals surface area contributed by atoms with Crippen LogP contribution in [0.15, 0.2) is 0 Å². The Bertz CT molecular complexity index is 336. The molecule has 1 aliphatic carbocycles. The average Bonchev–Trinajstić information content (AvgIpc) is 3.23. The molecule has 2 aliphatic rings. The van der Waals surface area contributed by atoms with Gasteiger partial charge >= 0.3 is 11.8 Å². The van der Waals surface area contributed by atoms with Crippen molar-refractivity contribution in [3.05, 3.63) is 0 Å². The Labute approximate surface area is 113 Å². The Morgan fingerprint density at radius 3 is 2.58 bits per heavy atom. The lowest BCUT2D eigenvalue weighted by Gasteiger charge is -2.27. The van der Waals surface area contributed by atoms with E-state index in [1.54, 1.807) is 12.0 Å². The number of carbonyl (C=O) groups is 2. The van der Waals surface area contributed by atoms with Gasteiger partial charge in [-0.1, -0.05) is 0 Å². The van der Waals surface area contributed by atoms with E-state index >= 15 is 0 Å². The SMILES string of the molecule is COCCC1(CNC(=O)C(=O)N2CCNCC2)CC1. The van der Waals surface area contributed by atoms with Crippen LogP contribution in [-0.4, -0.2) is 63.2 Å². The zero-order valence-corrected chi connectivity index (χ0v) is 11.5. The molecule has 1 saturated heterocycles. The first-order chi connectivity index (χ1) is 9.17. The number of hydrogen-bond acceptors (Lipinski definition) is 4. The number of hydrogen-bond donors (Lipinski definition) is 2. The highest BCUT2D eigenvalue weighted by Crippen LogP contribution is 2.48. The molecular weight excluding hydrogens is 246 g/mol. The third-order valence-corrected chi connectivity index (χ3v) is 4.02. The van der Waals surface area contributed by atoms with Gasteiger partial charge in [-0.2, -0.15) is 0 Å². The molecule has 0 radical (unpaired) electrons. The van der Waals surface area contributed by atoms with Gasteiger partial charge in [0.2, 0.25) is 0 Å². The minimum atomic E-state index is -0.467. The molecule has 1 saturated carbocycles. The van der Waals surface area contributed by atoms with E-state index in [4.69, 9.17) is 4.74 Å². The monoisotopic (exact) mass is 269 g/mol. The Kier molecular flexibility index (Phi) is 4.76. The molecular formula is C13H23N3O3. The van der Waals surface area contributed by atoms with Crippen molar-refractivity contribution in [2.45, 2.75) is 19.3 Å². The van der Waals surface area contributed by atoms with Gasteiger partial charge in [-0.05, 0) is 24.7 Å². The predicted molar refractivity (Wildman–Crippen MR) is 70.6 cm³/mol. The van der Waals surface area contributed by atoms with Gasteiger partial charge in [0.15, 0.2) is 0 Å². The number of ether oxygens (including phenoxy) is 1. The number of nitrogens with one attached hydrogen (secondary N) is 2.